The van der Waals surface area contributed by atoms with E-state index in [4.69, 9.17) is 4.74 Å². The molecule has 1 atom stereocenters. The lowest BCUT2D eigenvalue weighted by molar-refractivity contribution is -0.385. The number of carbonyl (C=O) groups is 3. The van der Waals surface area contributed by atoms with Crippen LogP contribution < -0.4 is 5.32 Å². The predicted molar refractivity (Wildman–Crippen MR) is 97.8 cm³/mol. The quantitative estimate of drug-likeness (QED) is 0.361. The predicted octanol–water partition coefficient (Wildman–Crippen LogP) is 3.29. The van der Waals surface area contributed by atoms with Gasteiger partial charge in [0.05, 0.1) is 10.5 Å². The van der Waals surface area contributed by atoms with Gasteiger partial charge in [0.15, 0.2) is 6.10 Å². The molecule has 27 heavy (non-hydrogen) atoms. The third-order valence-corrected chi connectivity index (χ3v) is 3.77. The van der Waals surface area contributed by atoms with Crippen LogP contribution in [0.2, 0.25) is 0 Å². The molecule has 0 bridgehead atoms. The van der Waals surface area contributed by atoms with Crippen molar-refractivity contribution in [2.24, 2.45) is 0 Å². The summed E-state index contributed by atoms with van der Waals surface area (Å²) in [4.78, 5) is 45.9. The maximum absolute atomic E-state index is 12.4. The van der Waals surface area contributed by atoms with Crippen molar-refractivity contribution < 1.29 is 24.0 Å². The van der Waals surface area contributed by atoms with E-state index in [1.807, 2.05) is 0 Å². The summed E-state index contributed by atoms with van der Waals surface area (Å²) in [6.07, 6.45) is -1.04. The number of carbonyl (C=O) groups excluding carboxylic acids is 3. The van der Waals surface area contributed by atoms with E-state index in [1.165, 1.54) is 51.1 Å². The molecular formula is C19H18N2O6. The Morgan fingerprint density at radius 1 is 1.07 bits per heavy atom. The highest BCUT2D eigenvalue weighted by molar-refractivity contribution is 6.02. The monoisotopic (exact) mass is 370 g/mol. The van der Waals surface area contributed by atoms with Crippen molar-refractivity contribution >= 4 is 29.0 Å². The van der Waals surface area contributed by atoms with Gasteiger partial charge in [0, 0.05) is 29.8 Å². The molecule has 0 fully saturated rings. The van der Waals surface area contributed by atoms with Crippen LogP contribution in [0.3, 0.4) is 0 Å². The third kappa shape index (κ3) is 4.97. The molecule has 2 aromatic rings. The number of esters is 1. The van der Waals surface area contributed by atoms with Gasteiger partial charge in [0.1, 0.15) is 0 Å². The minimum atomic E-state index is -1.04. The Kier molecular flexibility index (Phi) is 6.02. The Morgan fingerprint density at radius 3 is 2.19 bits per heavy atom. The summed E-state index contributed by atoms with van der Waals surface area (Å²) < 4.78 is 5.17. The summed E-state index contributed by atoms with van der Waals surface area (Å²) in [5.74, 6) is -1.38. The Bertz CT molecular complexity index is 905. The van der Waals surface area contributed by atoms with Crippen molar-refractivity contribution in [1.29, 1.82) is 0 Å². The number of benzene rings is 2. The number of amides is 1. The van der Waals surface area contributed by atoms with Gasteiger partial charge >= 0.3 is 5.97 Å². The van der Waals surface area contributed by atoms with E-state index >= 15 is 0 Å². The molecular weight excluding hydrogens is 352 g/mol. The van der Waals surface area contributed by atoms with Crippen LogP contribution in [0.4, 0.5) is 11.4 Å². The molecule has 0 spiro atoms. The zero-order chi connectivity index (χ0) is 20.1. The SMILES string of the molecule is CC(=O)Nc1ccc(C(=O)[C@@H](C)OC(=O)c2ccc([N+](=O)[O-])c(C)c2)cc1. The number of aryl methyl sites for hydroxylation is 1. The number of anilines is 1. The lowest BCUT2D eigenvalue weighted by Gasteiger charge is -2.13. The Hall–Kier alpha value is -3.55. The van der Waals surface area contributed by atoms with Crippen molar-refractivity contribution in [2.75, 3.05) is 5.32 Å². The van der Waals surface area contributed by atoms with Crippen molar-refractivity contribution in [3.63, 3.8) is 0 Å². The average molecular weight is 370 g/mol. The fraction of sp³-hybridized carbons (Fsp3) is 0.211. The zero-order valence-electron chi connectivity index (χ0n) is 15.0. The zero-order valence-corrected chi connectivity index (χ0v) is 15.0. The van der Waals surface area contributed by atoms with Crippen molar-refractivity contribution in [3.8, 4) is 0 Å². The van der Waals surface area contributed by atoms with Crippen LogP contribution in [-0.4, -0.2) is 28.7 Å². The molecule has 1 amide bonds. The highest BCUT2D eigenvalue weighted by Gasteiger charge is 2.22. The van der Waals surface area contributed by atoms with E-state index < -0.39 is 22.8 Å². The standard InChI is InChI=1S/C19H18N2O6/c1-11-10-15(6-9-17(11)21(25)26)19(24)27-12(2)18(23)14-4-7-16(8-5-14)20-13(3)22/h4-10,12H,1-3H3,(H,20,22)/t12-/m1/s1. The Morgan fingerprint density at radius 2 is 1.67 bits per heavy atom. The van der Waals surface area contributed by atoms with Gasteiger partial charge in [-0.1, -0.05) is 0 Å². The number of rotatable bonds is 6. The van der Waals surface area contributed by atoms with Gasteiger partial charge in [0.25, 0.3) is 5.69 Å². The molecule has 140 valence electrons. The molecule has 0 aliphatic carbocycles. The van der Waals surface area contributed by atoms with Gasteiger partial charge in [-0.05, 0) is 50.2 Å². The summed E-state index contributed by atoms with van der Waals surface area (Å²) >= 11 is 0. The van der Waals surface area contributed by atoms with Crippen molar-refractivity contribution in [3.05, 3.63) is 69.3 Å². The molecule has 8 nitrogen and oxygen atoms in total. The Labute approximate surface area is 155 Å². The van der Waals surface area contributed by atoms with Crippen LogP contribution in [-0.2, 0) is 9.53 Å². The number of nitro groups is 1. The first-order chi connectivity index (χ1) is 12.7. The summed E-state index contributed by atoms with van der Waals surface area (Å²) in [5, 5.41) is 13.4. The van der Waals surface area contributed by atoms with Crippen LogP contribution in [0.15, 0.2) is 42.5 Å². The summed E-state index contributed by atoms with van der Waals surface area (Å²) in [5.41, 5.74) is 1.21. The highest BCUT2D eigenvalue weighted by atomic mass is 16.6. The van der Waals surface area contributed by atoms with Crippen LogP contribution in [0.25, 0.3) is 0 Å². The van der Waals surface area contributed by atoms with Gasteiger partial charge < -0.3 is 10.1 Å². The number of hydrogen-bond donors (Lipinski definition) is 1. The average Bonchev–Trinajstić information content (AvgIpc) is 2.60. The van der Waals surface area contributed by atoms with E-state index in [1.54, 1.807) is 12.1 Å². The maximum Gasteiger partial charge on any atom is 0.338 e. The molecule has 0 saturated heterocycles. The molecule has 8 heteroatoms. The summed E-state index contributed by atoms with van der Waals surface area (Å²) in [6, 6.07) is 10.0. The third-order valence-electron chi connectivity index (χ3n) is 3.77. The fourth-order valence-electron chi connectivity index (χ4n) is 2.43. The van der Waals surface area contributed by atoms with Gasteiger partial charge in [0.2, 0.25) is 11.7 Å². The molecule has 0 heterocycles. The van der Waals surface area contributed by atoms with Crippen LogP contribution in [0.5, 0.6) is 0 Å². The van der Waals surface area contributed by atoms with E-state index in [2.05, 4.69) is 5.32 Å². The normalized spacial score (nSPS) is 11.4. The molecule has 0 unspecified atom stereocenters. The number of Topliss-reactive ketones (excluding diaryl/α,β-unsaturated/α-hetero) is 1. The van der Waals surface area contributed by atoms with E-state index in [0.717, 1.165) is 0 Å². The summed E-state index contributed by atoms with van der Waals surface area (Å²) in [7, 11) is 0. The van der Waals surface area contributed by atoms with E-state index in [-0.39, 0.29) is 17.2 Å². The largest absolute Gasteiger partial charge is 0.451 e. The first-order valence-electron chi connectivity index (χ1n) is 8.07. The minimum absolute atomic E-state index is 0.102. The van der Waals surface area contributed by atoms with E-state index in [0.29, 0.717) is 16.8 Å². The fourth-order valence-corrected chi connectivity index (χ4v) is 2.43. The second-order valence-electron chi connectivity index (χ2n) is 5.93. The second kappa shape index (κ2) is 8.22. The number of nitrogens with one attached hydrogen (secondary N) is 1. The van der Waals surface area contributed by atoms with Gasteiger partial charge in [-0.3, -0.25) is 19.7 Å². The van der Waals surface area contributed by atoms with Gasteiger partial charge in [-0.25, -0.2) is 4.79 Å². The molecule has 1 N–H and O–H groups in total. The smallest absolute Gasteiger partial charge is 0.338 e. The van der Waals surface area contributed by atoms with Crippen LogP contribution in [0.1, 0.15) is 40.1 Å². The van der Waals surface area contributed by atoms with Crippen LogP contribution in [0, 0.1) is 17.0 Å². The topological polar surface area (TPSA) is 116 Å². The number of hydrogen-bond acceptors (Lipinski definition) is 6. The molecule has 2 aromatic carbocycles. The minimum Gasteiger partial charge on any atom is -0.451 e. The number of ketones is 1. The molecule has 0 aliphatic rings. The lowest BCUT2D eigenvalue weighted by atomic mass is 10.1. The second-order valence-corrected chi connectivity index (χ2v) is 5.93. The maximum atomic E-state index is 12.4. The first kappa shape index (κ1) is 19.8. The molecule has 0 saturated carbocycles. The van der Waals surface area contributed by atoms with Gasteiger partial charge in [-0.2, -0.15) is 0 Å². The molecule has 2 rings (SSSR count). The van der Waals surface area contributed by atoms with Crippen LogP contribution >= 0.6 is 0 Å². The lowest BCUT2D eigenvalue weighted by Crippen LogP contribution is -2.24. The molecule has 0 aromatic heterocycles. The molecule has 0 aliphatic heterocycles. The Balaban J connectivity index is 2.07. The first-order valence-corrected chi connectivity index (χ1v) is 8.07. The summed E-state index contributed by atoms with van der Waals surface area (Å²) in [6.45, 7) is 4.33. The number of nitro benzene ring substituents is 1. The molecule has 0 radical (unpaired) electrons. The number of ether oxygens (including phenoxy) is 1. The van der Waals surface area contributed by atoms with E-state index in [9.17, 15) is 24.5 Å². The van der Waals surface area contributed by atoms with Crippen molar-refractivity contribution in [2.45, 2.75) is 26.9 Å². The number of nitrogens with zero attached hydrogens (tertiary/aromatic N) is 1. The highest BCUT2D eigenvalue weighted by Crippen LogP contribution is 2.20. The van der Waals surface area contributed by atoms with Gasteiger partial charge in [-0.15, -0.1) is 0 Å². The van der Waals surface area contributed by atoms with Crippen molar-refractivity contribution in [1.82, 2.24) is 0 Å².